The predicted molar refractivity (Wildman–Crippen MR) is 125 cm³/mol. The van der Waals surface area contributed by atoms with Gasteiger partial charge in [0, 0.05) is 59.6 Å². The lowest BCUT2D eigenvalue weighted by Crippen LogP contribution is -2.48. The molecule has 1 saturated carbocycles. The summed E-state index contributed by atoms with van der Waals surface area (Å²) in [6.45, 7) is 8.56. The lowest BCUT2D eigenvalue weighted by Gasteiger charge is -2.27. The van der Waals surface area contributed by atoms with Crippen LogP contribution >= 0.6 is 0 Å². The number of aromatic nitrogens is 4. The number of aryl methyl sites for hydroxylation is 1. The summed E-state index contributed by atoms with van der Waals surface area (Å²) >= 11 is 0. The summed E-state index contributed by atoms with van der Waals surface area (Å²) < 4.78 is 2.16. The van der Waals surface area contributed by atoms with E-state index < -0.39 is 0 Å². The number of fused-ring (bicyclic) bond motifs is 3. The molecular weight excluding hydrogens is 400 g/mol. The van der Waals surface area contributed by atoms with Crippen LogP contribution in [-0.2, 0) is 12.0 Å². The number of aromatic amines is 1. The highest BCUT2D eigenvalue weighted by molar-refractivity contribution is 5.84. The van der Waals surface area contributed by atoms with Gasteiger partial charge < -0.3 is 15.2 Å². The summed E-state index contributed by atoms with van der Waals surface area (Å²) in [5.74, 6) is 0.666. The van der Waals surface area contributed by atoms with E-state index in [9.17, 15) is 4.79 Å². The number of hydrogen-bond donors (Lipinski definition) is 2. The Hall–Kier alpha value is -2.83. The first kappa shape index (κ1) is 19.8. The third-order valence-electron chi connectivity index (χ3n) is 7.65. The van der Waals surface area contributed by atoms with Gasteiger partial charge in [0.1, 0.15) is 5.65 Å². The van der Waals surface area contributed by atoms with Gasteiger partial charge in [-0.3, -0.25) is 4.68 Å². The molecule has 168 valence electrons. The number of amides is 2. The summed E-state index contributed by atoms with van der Waals surface area (Å²) in [6, 6.07) is 4.55. The van der Waals surface area contributed by atoms with Gasteiger partial charge in [-0.2, -0.15) is 5.10 Å². The number of H-pyrrole nitrogens is 1. The second kappa shape index (κ2) is 6.83. The molecule has 0 aromatic carbocycles. The summed E-state index contributed by atoms with van der Waals surface area (Å²) in [5, 5.41) is 9.31. The van der Waals surface area contributed by atoms with Crippen molar-refractivity contribution in [3.8, 4) is 11.3 Å². The fraction of sp³-hybridized carbons (Fsp3) is 0.560. The van der Waals surface area contributed by atoms with Crippen molar-refractivity contribution in [3.05, 3.63) is 35.8 Å². The molecule has 1 spiro atoms. The van der Waals surface area contributed by atoms with Crippen LogP contribution < -0.4 is 5.32 Å². The van der Waals surface area contributed by atoms with E-state index in [1.54, 1.807) is 0 Å². The van der Waals surface area contributed by atoms with E-state index in [0.717, 1.165) is 49.4 Å². The molecule has 1 saturated heterocycles. The number of hydrogen-bond acceptors (Lipinski definition) is 3. The van der Waals surface area contributed by atoms with E-state index >= 15 is 0 Å². The van der Waals surface area contributed by atoms with E-state index in [1.807, 2.05) is 31.9 Å². The summed E-state index contributed by atoms with van der Waals surface area (Å²) in [7, 11) is 0. The van der Waals surface area contributed by atoms with E-state index in [1.165, 1.54) is 35.9 Å². The highest BCUT2D eigenvalue weighted by Gasteiger charge is 2.47. The maximum atomic E-state index is 12.7. The van der Waals surface area contributed by atoms with Crippen molar-refractivity contribution in [1.82, 2.24) is 30.0 Å². The topological polar surface area (TPSA) is 78.8 Å². The summed E-state index contributed by atoms with van der Waals surface area (Å²) in [4.78, 5) is 22.8. The van der Waals surface area contributed by atoms with E-state index in [-0.39, 0.29) is 17.0 Å². The highest BCUT2D eigenvalue weighted by atomic mass is 16.2. The average molecular weight is 433 g/mol. The zero-order valence-corrected chi connectivity index (χ0v) is 19.2. The average Bonchev–Trinajstić information content (AvgIpc) is 3.45. The fourth-order valence-corrected chi connectivity index (χ4v) is 5.68. The van der Waals surface area contributed by atoms with E-state index in [4.69, 9.17) is 10.1 Å². The van der Waals surface area contributed by atoms with E-state index in [2.05, 4.69) is 33.3 Å². The van der Waals surface area contributed by atoms with Gasteiger partial charge >= 0.3 is 6.03 Å². The maximum Gasteiger partial charge on any atom is 0.317 e. The Balaban J connectivity index is 1.28. The normalized spacial score (nSPS) is 23.2. The van der Waals surface area contributed by atoms with Gasteiger partial charge in [0.15, 0.2) is 0 Å². The number of pyridine rings is 1. The molecule has 3 aromatic heterocycles. The molecule has 2 amide bonds. The number of rotatable bonds is 2. The third kappa shape index (κ3) is 3.12. The van der Waals surface area contributed by atoms with Crippen molar-refractivity contribution in [2.75, 3.05) is 13.1 Å². The number of urea groups is 1. The minimum absolute atomic E-state index is 0.0170. The van der Waals surface area contributed by atoms with Crippen molar-refractivity contribution in [2.24, 2.45) is 0 Å². The van der Waals surface area contributed by atoms with Gasteiger partial charge in [-0.15, -0.1) is 0 Å². The molecule has 7 nitrogen and oxygen atoms in total. The van der Waals surface area contributed by atoms with Crippen molar-refractivity contribution >= 4 is 17.1 Å². The van der Waals surface area contributed by atoms with Crippen LogP contribution in [0.1, 0.15) is 70.1 Å². The molecule has 2 N–H and O–H groups in total. The van der Waals surface area contributed by atoms with Crippen molar-refractivity contribution in [1.29, 1.82) is 0 Å². The predicted octanol–water partition coefficient (Wildman–Crippen LogP) is 4.55. The fourth-order valence-electron chi connectivity index (χ4n) is 5.68. The molecule has 0 bridgehead atoms. The Bertz CT molecular complexity index is 1200. The standard InChI is InChI=1S/C25H32N6O/c1-24(2,3)28-23(32)30-9-7-25(15-30)8-10-31-21(25)12-20(29-31)17-11-18-19(16-5-4-6-16)14-27-22(18)26-13-17/h11-14,16H,4-10,15H2,1-3H3,(H,26,27)(H,28,32). The van der Waals surface area contributed by atoms with Crippen molar-refractivity contribution in [3.63, 3.8) is 0 Å². The summed E-state index contributed by atoms with van der Waals surface area (Å²) in [5.41, 5.74) is 5.51. The monoisotopic (exact) mass is 432 g/mol. The highest BCUT2D eigenvalue weighted by Crippen LogP contribution is 2.44. The molecule has 1 unspecified atom stereocenters. The van der Waals surface area contributed by atoms with Gasteiger partial charge in [-0.05, 0) is 70.1 Å². The summed E-state index contributed by atoms with van der Waals surface area (Å²) in [6.07, 6.45) is 10.0. The Morgan fingerprint density at radius 3 is 2.78 bits per heavy atom. The van der Waals surface area contributed by atoms with Crippen LogP contribution in [0.4, 0.5) is 4.79 Å². The molecule has 32 heavy (non-hydrogen) atoms. The second-order valence-corrected chi connectivity index (χ2v) is 11.0. The number of carbonyl (C=O) groups excluding carboxylic acids is 1. The van der Waals surface area contributed by atoms with Crippen molar-refractivity contribution < 1.29 is 4.79 Å². The lowest BCUT2D eigenvalue weighted by atomic mass is 9.80. The zero-order valence-electron chi connectivity index (χ0n) is 19.2. The Labute approximate surface area is 188 Å². The number of carbonyl (C=O) groups is 1. The largest absolute Gasteiger partial charge is 0.346 e. The Kier molecular flexibility index (Phi) is 4.23. The molecule has 5 heterocycles. The first-order valence-corrected chi connectivity index (χ1v) is 11.9. The Morgan fingerprint density at radius 1 is 1.22 bits per heavy atom. The first-order chi connectivity index (χ1) is 15.3. The van der Waals surface area contributed by atoms with Crippen LogP contribution in [-0.4, -0.2) is 49.3 Å². The van der Waals surface area contributed by atoms with Gasteiger partial charge in [0.05, 0.1) is 5.69 Å². The van der Waals surface area contributed by atoms with Gasteiger partial charge in [0.25, 0.3) is 0 Å². The molecular formula is C25H32N6O. The van der Waals surface area contributed by atoms with Crippen LogP contribution in [0.2, 0.25) is 0 Å². The van der Waals surface area contributed by atoms with Gasteiger partial charge in [0.2, 0.25) is 0 Å². The molecule has 1 aliphatic carbocycles. The van der Waals surface area contributed by atoms with Crippen LogP contribution in [0.3, 0.4) is 0 Å². The molecule has 3 aliphatic rings. The molecule has 1 atom stereocenters. The van der Waals surface area contributed by atoms with Crippen LogP contribution in [0.25, 0.3) is 22.3 Å². The number of nitrogens with one attached hydrogen (secondary N) is 2. The molecule has 2 aliphatic heterocycles. The van der Waals surface area contributed by atoms with Crippen LogP contribution in [0, 0.1) is 0 Å². The molecule has 2 fully saturated rings. The van der Waals surface area contributed by atoms with E-state index in [0.29, 0.717) is 5.92 Å². The first-order valence-electron chi connectivity index (χ1n) is 11.9. The Morgan fingerprint density at radius 2 is 2.03 bits per heavy atom. The SMILES string of the molecule is CC(C)(C)NC(=O)N1CCC2(CCn3nc(-c4cnc5[nH]cc(C6CCC6)c5c4)cc32)C1. The van der Waals surface area contributed by atoms with Gasteiger partial charge in [-0.25, -0.2) is 9.78 Å². The number of nitrogens with zero attached hydrogens (tertiary/aromatic N) is 4. The van der Waals surface area contributed by atoms with Crippen LogP contribution in [0.15, 0.2) is 24.5 Å². The quantitative estimate of drug-likeness (QED) is 0.624. The molecule has 6 rings (SSSR count). The number of likely N-dealkylation sites (tertiary alicyclic amines) is 1. The van der Waals surface area contributed by atoms with Gasteiger partial charge in [-0.1, -0.05) is 6.42 Å². The molecule has 3 aromatic rings. The van der Waals surface area contributed by atoms with Crippen molar-refractivity contribution in [2.45, 2.75) is 76.3 Å². The molecule has 7 heteroatoms. The smallest absolute Gasteiger partial charge is 0.317 e. The second-order valence-electron chi connectivity index (χ2n) is 11.0. The van der Waals surface area contributed by atoms with Crippen LogP contribution in [0.5, 0.6) is 0 Å². The lowest BCUT2D eigenvalue weighted by molar-refractivity contribution is 0.196. The minimum Gasteiger partial charge on any atom is -0.346 e. The third-order valence-corrected chi connectivity index (χ3v) is 7.65. The minimum atomic E-state index is -0.223. The zero-order chi connectivity index (χ0) is 22.1. The maximum absolute atomic E-state index is 12.7. The molecule has 0 radical (unpaired) electrons.